The second-order valence-electron chi connectivity index (χ2n) is 7.56. The number of halogens is 1. The zero-order chi connectivity index (χ0) is 23.8. The van der Waals surface area contributed by atoms with E-state index in [-0.39, 0.29) is 10.3 Å². The molecule has 4 rings (SSSR count). The molecule has 0 aliphatic heterocycles. The lowest BCUT2D eigenvalue weighted by Crippen LogP contribution is -2.20. The number of nitrogens with zero attached hydrogens (tertiary/aromatic N) is 1. The molecule has 3 aromatic carbocycles. The Kier molecular flexibility index (Phi) is 5.95. The van der Waals surface area contributed by atoms with Gasteiger partial charge in [-0.15, -0.1) is 0 Å². The van der Waals surface area contributed by atoms with Gasteiger partial charge in [-0.25, -0.2) is 12.8 Å². The fraction of sp³-hybridized carbons (Fsp3) is 0.160. The third kappa shape index (κ3) is 4.09. The first kappa shape index (κ1) is 22.5. The van der Waals surface area contributed by atoms with Gasteiger partial charge in [0.05, 0.1) is 30.0 Å². The molecule has 0 unspecified atom stereocenters. The van der Waals surface area contributed by atoms with E-state index in [4.69, 9.17) is 9.47 Å². The fourth-order valence-electron chi connectivity index (χ4n) is 3.72. The highest BCUT2D eigenvalue weighted by Gasteiger charge is 2.25. The van der Waals surface area contributed by atoms with E-state index >= 15 is 0 Å². The third-order valence-corrected chi connectivity index (χ3v) is 7.33. The number of fused-ring (bicyclic) bond motifs is 1. The summed E-state index contributed by atoms with van der Waals surface area (Å²) >= 11 is 0. The second-order valence-corrected chi connectivity index (χ2v) is 9.48. The van der Waals surface area contributed by atoms with E-state index in [1.165, 1.54) is 26.5 Å². The van der Waals surface area contributed by atoms with Crippen LogP contribution in [0.25, 0.3) is 10.9 Å². The van der Waals surface area contributed by atoms with Crippen molar-refractivity contribution in [1.29, 1.82) is 0 Å². The van der Waals surface area contributed by atoms with Crippen LogP contribution in [0.3, 0.4) is 0 Å². The van der Waals surface area contributed by atoms with Crippen molar-refractivity contribution < 1.29 is 22.3 Å². The fourth-order valence-corrected chi connectivity index (χ4v) is 5.09. The van der Waals surface area contributed by atoms with E-state index < -0.39 is 26.0 Å². The largest absolute Gasteiger partial charge is 0.493 e. The minimum absolute atomic E-state index is 0.164. The van der Waals surface area contributed by atoms with Gasteiger partial charge in [-0.3, -0.25) is 4.79 Å². The molecule has 0 atom stereocenters. The third-order valence-electron chi connectivity index (χ3n) is 5.57. The second kappa shape index (κ2) is 8.71. The zero-order valence-electron chi connectivity index (χ0n) is 18.3. The molecule has 0 radical (unpaired) electrons. The predicted molar refractivity (Wildman–Crippen MR) is 123 cm³/mol. The molecular weight excluding hydrogens is 445 g/mol. The zero-order valence-corrected chi connectivity index (χ0v) is 19.1. The minimum Gasteiger partial charge on any atom is -0.493 e. The lowest BCUT2D eigenvalue weighted by molar-refractivity contribution is 0.355. The number of benzene rings is 3. The van der Waals surface area contributed by atoms with Gasteiger partial charge in [-0.05, 0) is 48.4 Å². The summed E-state index contributed by atoms with van der Waals surface area (Å²) in [6.07, 6.45) is 1.34. The predicted octanol–water partition coefficient (Wildman–Crippen LogP) is 4.35. The summed E-state index contributed by atoms with van der Waals surface area (Å²) in [6.45, 7) is 2.28. The van der Waals surface area contributed by atoms with E-state index in [9.17, 15) is 17.6 Å². The molecule has 0 aliphatic carbocycles. The van der Waals surface area contributed by atoms with E-state index in [0.29, 0.717) is 23.6 Å². The van der Waals surface area contributed by atoms with Crippen LogP contribution in [-0.2, 0) is 16.4 Å². The Morgan fingerprint density at radius 1 is 0.939 bits per heavy atom. The molecule has 0 fully saturated rings. The first-order chi connectivity index (χ1) is 15.8. The average molecular weight is 468 g/mol. The summed E-state index contributed by atoms with van der Waals surface area (Å²) in [6, 6.07) is 15.2. The van der Waals surface area contributed by atoms with Gasteiger partial charge >= 0.3 is 0 Å². The monoisotopic (exact) mass is 467 g/mol. The van der Waals surface area contributed by atoms with Crippen LogP contribution in [0.4, 0.5) is 4.39 Å². The minimum atomic E-state index is -4.21. The summed E-state index contributed by atoms with van der Waals surface area (Å²) in [5, 5.41) is 0.171. The van der Waals surface area contributed by atoms with Gasteiger partial charge in [-0.2, -0.15) is 0 Å². The highest BCUT2D eigenvalue weighted by Crippen LogP contribution is 2.32. The van der Waals surface area contributed by atoms with Crippen LogP contribution in [0.15, 0.2) is 81.4 Å². The first-order valence-corrected chi connectivity index (χ1v) is 11.6. The molecule has 4 aromatic rings. The van der Waals surface area contributed by atoms with Gasteiger partial charge in [-0.1, -0.05) is 24.3 Å². The topological polar surface area (TPSA) is 74.6 Å². The van der Waals surface area contributed by atoms with E-state index in [1.807, 2.05) is 31.2 Å². The molecule has 33 heavy (non-hydrogen) atoms. The molecule has 6 nitrogen and oxygen atoms in total. The molecule has 0 aliphatic rings. The maximum atomic E-state index is 13.4. The number of aryl methyl sites for hydroxylation is 1. The molecule has 0 spiro atoms. The van der Waals surface area contributed by atoms with E-state index in [1.54, 1.807) is 10.6 Å². The molecule has 0 bridgehead atoms. The summed E-state index contributed by atoms with van der Waals surface area (Å²) in [7, 11) is -1.28. The summed E-state index contributed by atoms with van der Waals surface area (Å²) in [5.41, 5.74) is 1.81. The van der Waals surface area contributed by atoms with Gasteiger partial charge in [0.15, 0.2) is 11.5 Å². The number of hydrogen-bond acceptors (Lipinski definition) is 5. The Bertz CT molecular complexity index is 1510. The molecule has 1 heterocycles. The molecular formula is C25H22FNO5S. The lowest BCUT2D eigenvalue weighted by Gasteiger charge is -2.17. The van der Waals surface area contributed by atoms with Crippen molar-refractivity contribution in [3.05, 3.63) is 94.0 Å². The quantitative estimate of drug-likeness (QED) is 0.394. The average Bonchev–Trinajstić information content (AvgIpc) is 2.81. The van der Waals surface area contributed by atoms with E-state index in [2.05, 4.69) is 0 Å². The number of ether oxygens (including phenoxy) is 2. The Hall–Kier alpha value is -3.65. The molecule has 1 aromatic heterocycles. The lowest BCUT2D eigenvalue weighted by atomic mass is 10.1. The highest BCUT2D eigenvalue weighted by atomic mass is 32.2. The van der Waals surface area contributed by atoms with Crippen molar-refractivity contribution in [2.45, 2.75) is 23.3 Å². The number of hydrogen-bond donors (Lipinski definition) is 0. The summed E-state index contributed by atoms with van der Waals surface area (Å²) in [5.74, 6) is 0.152. The Balaban J connectivity index is 2.04. The molecule has 0 amide bonds. The van der Waals surface area contributed by atoms with Crippen LogP contribution in [0, 0.1) is 12.7 Å². The molecule has 8 heteroatoms. The molecule has 170 valence electrons. The summed E-state index contributed by atoms with van der Waals surface area (Å²) < 4.78 is 52.6. The van der Waals surface area contributed by atoms with Gasteiger partial charge in [0, 0.05) is 18.8 Å². The molecule has 0 saturated heterocycles. The highest BCUT2D eigenvalue weighted by molar-refractivity contribution is 7.91. The normalized spacial score (nSPS) is 11.5. The maximum Gasteiger partial charge on any atom is 0.211 e. The number of sulfone groups is 1. The maximum absolute atomic E-state index is 13.4. The Labute approximate surface area is 190 Å². The molecule has 0 saturated carbocycles. The van der Waals surface area contributed by atoms with Gasteiger partial charge in [0.1, 0.15) is 10.7 Å². The van der Waals surface area contributed by atoms with Crippen LogP contribution in [-0.4, -0.2) is 27.2 Å². The van der Waals surface area contributed by atoms with Crippen LogP contribution >= 0.6 is 0 Å². The van der Waals surface area contributed by atoms with E-state index in [0.717, 1.165) is 35.4 Å². The van der Waals surface area contributed by atoms with Crippen molar-refractivity contribution >= 4 is 20.7 Å². The number of methoxy groups -OCH3 is 2. The standard InChI is InChI=1S/C25H22FNO5S/c1-16-6-4-5-7-17(16)14-27-15-24(33(29,30)19-10-8-18(26)9-11-19)25(28)20-12-22(31-2)23(32-3)13-21(20)27/h4-13,15H,14H2,1-3H3. The molecule has 0 N–H and O–H groups in total. The first-order valence-electron chi connectivity index (χ1n) is 10.1. The van der Waals surface area contributed by atoms with Crippen LogP contribution in [0.5, 0.6) is 11.5 Å². The van der Waals surface area contributed by atoms with Crippen molar-refractivity contribution in [3.63, 3.8) is 0 Å². The van der Waals surface area contributed by atoms with Crippen LogP contribution in [0.2, 0.25) is 0 Å². The Morgan fingerprint density at radius 3 is 2.21 bits per heavy atom. The van der Waals surface area contributed by atoms with Crippen molar-refractivity contribution in [2.24, 2.45) is 0 Å². The SMILES string of the molecule is COc1cc2c(=O)c(S(=O)(=O)c3ccc(F)cc3)cn(Cc3ccccc3C)c2cc1OC. The van der Waals surface area contributed by atoms with Gasteiger partial charge in [0.2, 0.25) is 15.3 Å². The smallest absolute Gasteiger partial charge is 0.211 e. The van der Waals surface area contributed by atoms with Crippen LogP contribution < -0.4 is 14.9 Å². The summed E-state index contributed by atoms with van der Waals surface area (Å²) in [4.78, 5) is 12.8. The van der Waals surface area contributed by atoms with Crippen molar-refractivity contribution in [3.8, 4) is 11.5 Å². The van der Waals surface area contributed by atoms with Gasteiger partial charge in [0.25, 0.3) is 0 Å². The van der Waals surface area contributed by atoms with Gasteiger partial charge < -0.3 is 14.0 Å². The Morgan fingerprint density at radius 2 is 1.58 bits per heavy atom. The number of aromatic nitrogens is 1. The van der Waals surface area contributed by atoms with Crippen LogP contribution in [0.1, 0.15) is 11.1 Å². The number of pyridine rings is 1. The van der Waals surface area contributed by atoms with Crippen molar-refractivity contribution in [2.75, 3.05) is 14.2 Å². The van der Waals surface area contributed by atoms with Crippen molar-refractivity contribution in [1.82, 2.24) is 4.57 Å². The number of rotatable bonds is 6.